The minimum atomic E-state index is -3.03. The van der Waals surface area contributed by atoms with Crippen LogP contribution in [-0.2, 0) is 14.3 Å². The Morgan fingerprint density at radius 2 is 1.93 bits per heavy atom. The van der Waals surface area contributed by atoms with Gasteiger partial charge >= 0.3 is 12.6 Å². The Morgan fingerprint density at radius 3 is 2.67 bits per heavy atom. The normalized spacial score (nSPS) is 10.7. The fraction of sp³-hybridized carbons (Fsp3) is 0.158. The van der Waals surface area contributed by atoms with E-state index < -0.39 is 25.1 Å². The van der Waals surface area contributed by atoms with Crippen molar-refractivity contribution in [1.29, 1.82) is 0 Å². The number of ether oxygens (including phenoxy) is 3. The monoisotopic (exact) mass is 377 g/mol. The van der Waals surface area contributed by atoms with E-state index in [1.54, 1.807) is 24.3 Å². The molecule has 8 heteroatoms. The summed E-state index contributed by atoms with van der Waals surface area (Å²) in [4.78, 5) is 23.5. The molecule has 27 heavy (non-hydrogen) atoms. The molecule has 0 aliphatic rings. The van der Waals surface area contributed by atoms with Crippen molar-refractivity contribution in [1.82, 2.24) is 0 Å². The SMILES string of the molecule is COc1cccc(/C=C/C(=O)OCC(=O)Nc2ccccc2OC(F)F)c1. The Labute approximate surface area is 154 Å². The smallest absolute Gasteiger partial charge is 0.387 e. The predicted molar refractivity (Wildman–Crippen MR) is 94.7 cm³/mol. The molecule has 0 fully saturated rings. The van der Waals surface area contributed by atoms with Gasteiger partial charge in [0.25, 0.3) is 5.91 Å². The Bertz CT molecular complexity index is 823. The summed E-state index contributed by atoms with van der Waals surface area (Å²) in [6, 6.07) is 12.7. The number of hydrogen-bond donors (Lipinski definition) is 1. The van der Waals surface area contributed by atoms with E-state index in [-0.39, 0.29) is 11.4 Å². The van der Waals surface area contributed by atoms with Crippen LogP contribution >= 0.6 is 0 Å². The van der Waals surface area contributed by atoms with Crippen LogP contribution in [0.25, 0.3) is 6.08 Å². The summed E-state index contributed by atoms with van der Waals surface area (Å²) in [7, 11) is 1.53. The molecule has 0 aliphatic heterocycles. The van der Waals surface area contributed by atoms with Gasteiger partial charge in [0.05, 0.1) is 12.8 Å². The van der Waals surface area contributed by atoms with E-state index in [1.807, 2.05) is 0 Å². The van der Waals surface area contributed by atoms with Crippen LogP contribution in [-0.4, -0.2) is 32.2 Å². The van der Waals surface area contributed by atoms with E-state index in [0.29, 0.717) is 11.3 Å². The molecule has 1 N–H and O–H groups in total. The summed E-state index contributed by atoms with van der Waals surface area (Å²) in [5, 5.41) is 2.35. The molecule has 0 bridgehead atoms. The highest BCUT2D eigenvalue weighted by atomic mass is 19.3. The van der Waals surface area contributed by atoms with Crippen molar-refractivity contribution < 1.29 is 32.6 Å². The average molecular weight is 377 g/mol. The van der Waals surface area contributed by atoms with Gasteiger partial charge in [-0.3, -0.25) is 4.79 Å². The molecule has 0 aromatic heterocycles. The predicted octanol–water partition coefficient (Wildman–Crippen LogP) is 3.49. The van der Waals surface area contributed by atoms with Crippen molar-refractivity contribution in [3.8, 4) is 11.5 Å². The first-order valence-corrected chi connectivity index (χ1v) is 7.80. The number of methoxy groups -OCH3 is 1. The number of nitrogens with one attached hydrogen (secondary N) is 1. The van der Waals surface area contributed by atoms with E-state index in [2.05, 4.69) is 10.1 Å². The first-order valence-electron chi connectivity index (χ1n) is 7.80. The number of para-hydroxylation sites is 2. The van der Waals surface area contributed by atoms with Gasteiger partial charge in [0.15, 0.2) is 6.61 Å². The fourth-order valence-electron chi connectivity index (χ4n) is 2.05. The fourth-order valence-corrected chi connectivity index (χ4v) is 2.05. The zero-order chi connectivity index (χ0) is 19.6. The molecule has 2 rings (SSSR count). The minimum Gasteiger partial charge on any atom is -0.497 e. The van der Waals surface area contributed by atoms with Crippen molar-refractivity contribution in [2.75, 3.05) is 19.0 Å². The Balaban J connectivity index is 1.86. The van der Waals surface area contributed by atoms with Crippen LogP contribution in [0.1, 0.15) is 5.56 Å². The van der Waals surface area contributed by atoms with Gasteiger partial charge in [0, 0.05) is 6.08 Å². The second-order valence-corrected chi connectivity index (χ2v) is 5.14. The standard InChI is InChI=1S/C19H17F2NO5/c1-25-14-6-4-5-13(11-14)9-10-18(24)26-12-17(23)22-15-7-2-3-8-16(15)27-19(20)21/h2-11,19H,12H2,1H3,(H,22,23)/b10-9+. The van der Waals surface area contributed by atoms with Gasteiger partial charge in [-0.25, -0.2) is 4.79 Å². The lowest BCUT2D eigenvalue weighted by atomic mass is 10.2. The summed E-state index contributed by atoms with van der Waals surface area (Å²) in [6.07, 6.45) is 2.67. The maximum atomic E-state index is 12.3. The van der Waals surface area contributed by atoms with Crippen LogP contribution in [0.15, 0.2) is 54.6 Å². The number of alkyl halides is 2. The van der Waals surface area contributed by atoms with Gasteiger partial charge < -0.3 is 19.5 Å². The molecule has 142 valence electrons. The molecule has 0 heterocycles. The number of carbonyl (C=O) groups excluding carboxylic acids is 2. The van der Waals surface area contributed by atoms with Crippen molar-refractivity contribution in [3.05, 3.63) is 60.2 Å². The van der Waals surface area contributed by atoms with Crippen LogP contribution < -0.4 is 14.8 Å². The van der Waals surface area contributed by atoms with Crippen LogP contribution in [0.3, 0.4) is 0 Å². The summed E-state index contributed by atoms with van der Waals surface area (Å²) in [5.74, 6) is -0.979. The van der Waals surface area contributed by atoms with Gasteiger partial charge in [0.2, 0.25) is 0 Å². The summed E-state index contributed by atoms with van der Waals surface area (Å²) < 4.78 is 38.9. The molecule has 0 radical (unpaired) electrons. The number of benzene rings is 2. The van der Waals surface area contributed by atoms with Gasteiger partial charge in [-0.15, -0.1) is 0 Å². The van der Waals surface area contributed by atoms with Crippen LogP contribution in [0.2, 0.25) is 0 Å². The maximum Gasteiger partial charge on any atom is 0.387 e. The van der Waals surface area contributed by atoms with E-state index in [9.17, 15) is 18.4 Å². The number of halogens is 2. The third kappa shape index (κ3) is 6.77. The van der Waals surface area contributed by atoms with Gasteiger partial charge in [-0.05, 0) is 35.9 Å². The third-order valence-corrected chi connectivity index (χ3v) is 3.23. The molecule has 0 saturated carbocycles. The van der Waals surface area contributed by atoms with Gasteiger partial charge in [-0.1, -0.05) is 24.3 Å². The van der Waals surface area contributed by atoms with Crippen molar-refractivity contribution in [3.63, 3.8) is 0 Å². The van der Waals surface area contributed by atoms with E-state index in [0.717, 1.165) is 6.08 Å². The maximum absolute atomic E-state index is 12.3. The largest absolute Gasteiger partial charge is 0.497 e. The molecule has 0 aliphatic carbocycles. The summed E-state index contributed by atoms with van der Waals surface area (Å²) >= 11 is 0. The van der Waals surface area contributed by atoms with E-state index >= 15 is 0 Å². The van der Waals surface area contributed by atoms with Crippen LogP contribution in [0, 0.1) is 0 Å². The molecule has 2 aromatic rings. The van der Waals surface area contributed by atoms with Gasteiger partial charge in [-0.2, -0.15) is 8.78 Å². The first kappa shape index (κ1) is 19.9. The number of esters is 1. The molecular weight excluding hydrogens is 360 g/mol. The number of hydrogen-bond acceptors (Lipinski definition) is 5. The molecule has 0 atom stereocenters. The lowest BCUT2D eigenvalue weighted by Crippen LogP contribution is -2.20. The molecule has 6 nitrogen and oxygen atoms in total. The summed E-state index contributed by atoms with van der Waals surface area (Å²) in [6.45, 7) is -3.60. The zero-order valence-electron chi connectivity index (χ0n) is 14.4. The highest BCUT2D eigenvalue weighted by Gasteiger charge is 2.12. The molecular formula is C19H17F2NO5. The van der Waals surface area contributed by atoms with E-state index in [4.69, 9.17) is 9.47 Å². The lowest BCUT2D eigenvalue weighted by molar-refractivity contribution is -0.142. The minimum absolute atomic E-state index is 0.0470. The summed E-state index contributed by atoms with van der Waals surface area (Å²) in [5.41, 5.74) is 0.764. The quantitative estimate of drug-likeness (QED) is 0.563. The van der Waals surface area contributed by atoms with Gasteiger partial charge in [0.1, 0.15) is 11.5 Å². The lowest BCUT2D eigenvalue weighted by Gasteiger charge is -2.11. The number of carbonyl (C=O) groups is 2. The van der Waals surface area contributed by atoms with Crippen molar-refractivity contribution in [2.24, 2.45) is 0 Å². The van der Waals surface area contributed by atoms with Crippen LogP contribution in [0.5, 0.6) is 11.5 Å². The first-order chi connectivity index (χ1) is 13.0. The van der Waals surface area contributed by atoms with Crippen molar-refractivity contribution >= 4 is 23.6 Å². The topological polar surface area (TPSA) is 73.9 Å². The Kier molecular flexibility index (Phi) is 7.30. The molecule has 2 aromatic carbocycles. The van der Waals surface area contributed by atoms with Crippen LogP contribution in [0.4, 0.5) is 14.5 Å². The number of rotatable bonds is 8. The molecule has 1 amide bonds. The Morgan fingerprint density at radius 1 is 1.15 bits per heavy atom. The van der Waals surface area contributed by atoms with Crippen molar-refractivity contribution in [2.45, 2.75) is 6.61 Å². The average Bonchev–Trinajstić information content (AvgIpc) is 2.66. The zero-order valence-corrected chi connectivity index (χ0v) is 14.4. The number of anilines is 1. The molecule has 0 saturated heterocycles. The second-order valence-electron chi connectivity index (χ2n) is 5.14. The second kappa shape index (κ2) is 9.91. The highest BCUT2D eigenvalue weighted by molar-refractivity contribution is 5.95. The molecule has 0 unspecified atom stereocenters. The van der Waals surface area contributed by atoms with E-state index in [1.165, 1.54) is 37.5 Å². The number of amides is 1. The third-order valence-electron chi connectivity index (χ3n) is 3.23. The Hall–Kier alpha value is -3.42. The highest BCUT2D eigenvalue weighted by Crippen LogP contribution is 2.25. The molecule has 0 spiro atoms.